The molecule has 1 fully saturated rings. The fraction of sp³-hybridized carbons (Fsp3) is 0.571. The smallest absolute Gasteiger partial charge is 0.338 e. The van der Waals surface area contributed by atoms with Crippen LogP contribution in [-0.4, -0.2) is 44.4 Å². The van der Waals surface area contributed by atoms with Crippen LogP contribution in [0.1, 0.15) is 33.1 Å². The van der Waals surface area contributed by atoms with Crippen molar-refractivity contribution < 1.29 is 24.6 Å². The fourth-order valence-electron chi connectivity index (χ4n) is 2.50. The minimum atomic E-state index is -1.13. The maximum Gasteiger partial charge on any atom is 0.338 e. The van der Waals surface area contributed by atoms with Gasteiger partial charge in [0.2, 0.25) is 17.7 Å². The number of nitrogens with zero attached hydrogens (tertiary/aromatic N) is 5. The summed E-state index contributed by atoms with van der Waals surface area (Å²) < 4.78 is 0.591. The van der Waals surface area contributed by atoms with Gasteiger partial charge in [-0.2, -0.15) is 0 Å². The van der Waals surface area contributed by atoms with Gasteiger partial charge in [0.25, 0.3) is 0 Å². The van der Waals surface area contributed by atoms with Gasteiger partial charge in [-0.05, 0) is 32.2 Å². The van der Waals surface area contributed by atoms with Crippen LogP contribution >= 0.6 is 0 Å². The Morgan fingerprint density at radius 3 is 2.58 bits per heavy atom. The molecule has 1 unspecified atom stereocenters. The molecule has 2 N–H and O–H groups in total. The van der Waals surface area contributed by atoms with Crippen LogP contribution in [0, 0.1) is 5.41 Å². The summed E-state index contributed by atoms with van der Waals surface area (Å²) in [5.74, 6) is -1.75. The summed E-state index contributed by atoms with van der Waals surface area (Å²) in [6, 6.07) is 2.34. The summed E-state index contributed by atoms with van der Waals surface area (Å²) in [5, 5.41) is 22.7. The molecule has 1 saturated heterocycles. The molecule has 1 aromatic rings. The molecule has 1 aliphatic rings. The van der Waals surface area contributed by atoms with Crippen LogP contribution in [0.5, 0.6) is 11.8 Å². The second-order valence-corrected chi connectivity index (χ2v) is 6.19. The molecular weight excluding hydrogens is 318 g/mol. The Hall–Kier alpha value is -2.87. The lowest BCUT2D eigenvalue weighted by molar-refractivity contribution is -0.157. The Labute approximate surface area is 137 Å². The number of hydrogen-bond donors (Lipinski definition) is 2. The van der Waals surface area contributed by atoms with Crippen LogP contribution in [0.15, 0.2) is 17.2 Å². The second-order valence-electron chi connectivity index (χ2n) is 6.19. The summed E-state index contributed by atoms with van der Waals surface area (Å²) in [5.41, 5.74) is 7.60. The lowest BCUT2D eigenvalue weighted by Gasteiger charge is -2.30. The van der Waals surface area contributed by atoms with E-state index in [1.54, 1.807) is 13.8 Å². The first-order chi connectivity index (χ1) is 11.3. The number of rotatable bonds is 6. The highest BCUT2D eigenvalue weighted by molar-refractivity contribution is 5.79. The molecule has 10 heteroatoms. The summed E-state index contributed by atoms with van der Waals surface area (Å²) in [7, 11) is 0. The number of carbonyl (C=O) groups is 2. The molecule has 10 nitrogen and oxygen atoms in total. The van der Waals surface area contributed by atoms with Crippen LogP contribution in [-0.2, 0) is 9.59 Å². The molecule has 0 radical (unpaired) electrons. The van der Waals surface area contributed by atoms with Crippen LogP contribution in [0.25, 0.3) is 10.4 Å². The SMILES string of the molecule is CC(C)(CC(N=[N+]=[N-])N1CCCC1=O)C(=O)On1c(O)ccc1O. The molecule has 0 bridgehead atoms. The molecule has 2 heterocycles. The zero-order valence-electron chi connectivity index (χ0n) is 13.4. The molecule has 1 atom stereocenters. The fourth-order valence-corrected chi connectivity index (χ4v) is 2.50. The van der Waals surface area contributed by atoms with E-state index in [1.165, 1.54) is 17.0 Å². The maximum atomic E-state index is 12.4. The van der Waals surface area contributed by atoms with Crippen LogP contribution in [0.4, 0.5) is 0 Å². The predicted molar refractivity (Wildman–Crippen MR) is 81.6 cm³/mol. The van der Waals surface area contributed by atoms with E-state index in [-0.39, 0.29) is 12.3 Å². The number of aromatic nitrogens is 1. The molecule has 0 aliphatic carbocycles. The largest absolute Gasteiger partial charge is 0.492 e. The van der Waals surface area contributed by atoms with Crippen molar-refractivity contribution in [3.63, 3.8) is 0 Å². The third-order valence-corrected chi connectivity index (χ3v) is 3.87. The zero-order valence-corrected chi connectivity index (χ0v) is 13.4. The van der Waals surface area contributed by atoms with E-state index < -0.39 is 29.3 Å². The summed E-state index contributed by atoms with van der Waals surface area (Å²) in [6.07, 6.45) is 0.295. The highest BCUT2D eigenvalue weighted by Crippen LogP contribution is 2.30. The molecule has 0 spiro atoms. The molecular formula is C14H19N5O5. The summed E-state index contributed by atoms with van der Waals surface area (Å²) in [6.45, 7) is 3.59. The highest BCUT2D eigenvalue weighted by atomic mass is 16.7. The Kier molecular flexibility index (Phi) is 4.89. The van der Waals surface area contributed by atoms with Gasteiger partial charge in [-0.15, -0.1) is 4.73 Å². The molecule has 130 valence electrons. The van der Waals surface area contributed by atoms with Gasteiger partial charge < -0.3 is 20.0 Å². The van der Waals surface area contributed by atoms with Crippen molar-refractivity contribution in [3.8, 4) is 11.8 Å². The van der Waals surface area contributed by atoms with E-state index in [9.17, 15) is 19.8 Å². The van der Waals surface area contributed by atoms with Crippen molar-refractivity contribution >= 4 is 11.9 Å². The first-order valence-electron chi connectivity index (χ1n) is 7.42. The number of hydrogen-bond acceptors (Lipinski definition) is 6. The minimum absolute atomic E-state index is 0.0461. The van der Waals surface area contributed by atoms with Gasteiger partial charge in [-0.3, -0.25) is 4.79 Å². The summed E-state index contributed by atoms with van der Waals surface area (Å²) >= 11 is 0. The van der Waals surface area contributed by atoms with Gasteiger partial charge in [-0.1, -0.05) is 5.11 Å². The number of azide groups is 1. The Morgan fingerprint density at radius 2 is 2.08 bits per heavy atom. The monoisotopic (exact) mass is 337 g/mol. The second kappa shape index (κ2) is 6.71. The summed E-state index contributed by atoms with van der Waals surface area (Å²) in [4.78, 5) is 33.4. The number of likely N-dealkylation sites (tertiary alicyclic amines) is 1. The van der Waals surface area contributed by atoms with E-state index in [4.69, 9.17) is 10.4 Å². The van der Waals surface area contributed by atoms with E-state index in [0.717, 1.165) is 0 Å². The molecule has 0 saturated carbocycles. The van der Waals surface area contributed by atoms with Crippen molar-refractivity contribution in [2.24, 2.45) is 10.5 Å². The predicted octanol–water partition coefficient (Wildman–Crippen LogP) is 1.53. The Balaban J connectivity index is 2.13. The molecule has 1 aliphatic heterocycles. The highest BCUT2D eigenvalue weighted by Gasteiger charge is 2.38. The van der Waals surface area contributed by atoms with Crippen LogP contribution < -0.4 is 4.84 Å². The van der Waals surface area contributed by atoms with Crippen LogP contribution in [0.2, 0.25) is 0 Å². The molecule has 1 amide bonds. The minimum Gasteiger partial charge on any atom is -0.492 e. The average Bonchev–Trinajstić information content (AvgIpc) is 3.07. The van der Waals surface area contributed by atoms with Crippen LogP contribution in [0.3, 0.4) is 0 Å². The Bertz CT molecular complexity index is 672. The average molecular weight is 337 g/mol. The van der Waals surface area contributed by atoms with E-state index >= 15 is 0 Å². The first kappa shape index (κ1) is 17.5. The standard InChI is InChI=1S/C14H19N5O5/c1-14(2,13(23)24-19-11(21)5-6-12(19)22)8-9(16-17-15)18-7-3-4-10(18)20/h5-6,9,21-22H,3-4,7-8H2,1-2H3. The molecule has 24 heavy (non-hydrogen) atoms. The third-order valence-electron chi connectivity index (χ3n) is 3.87. The van der Waals surface area contributed by atoms with Crippen molar-refractivity contribution in [1.29, 1.82) is 0 Å². The van der Waals surface area contributed by atoms with Gasteiger partial charge >= 0.3 is 5.97 Å². The Morgan fingerprint density at radius 1 is 1.46 bits per heavy atom. The quantitative estimate of drug-likeness (QED) is 0.460. The van der Waals surface area contributed by atoms with Crippen molar-refractivity contribution in [3.05, 3.63) is 22.6 Å². The van der Waals surface area contributed by atoms with Crippen molar-refractivity contribution in [2.45, 2.75) is 39.3 Å². The number of aromatic hydroxyl groups is 2. The topological polar surface area (TPSA) is 141 Å². The van der Waals surface area contributed by atoms with Gasteiger partial charge in [0.05, 0.1) is 5.41 Å². The number of carbonyl (C=O) groups excluding carboxylic acids is 2. The third kappa shape index (κ3) is 3.54. The van der Waals surface area contributed by atoms with Crippen molar-refractivity contribution in [1.82, 2.24) is 9.63 Å². The molecule has 0 aromatic carbocycles. The first-order valence-corrected chi connectivity index (χ1v) is 7.42. The van der Waals surface area contributed by atoms with Gasteiger partial charge in [0, 0.05) is 30.0 Å². The molecule has 1 aromatic heterocycles. The normalized spacial score (nSPS) is 15.9. The van der Waals surface area contributed by atoms with Crippen molar-refractivity contribution in [2.75, 3.05) is 6.54 Å². The van der Waals surface area contributed by atoms with E-state index in [2.05, 4.69) is 10.0 Å². The maximum absolute atomic E-state index is 12.4. The number of amides is 1. The van der Waals surface area contributed by atoms with E-state index in [0.29, 0.717) is 24.1 Å². The zero-order chi connectivity index (χ0) is 17.9. The lowest BCUT2D eigenvalue weighted by Crippen LogP contribution is -2.42. The van der Waals surface area contributed by atoms with E-state index in [1.807, 2.05) is 0 Å². The molecule has 2 rings (SSSR count). The van der Waals surface area contributed by atoms with Gasteiger partial charge in [0.15, 0.2) is 0 Å². The van der Waals surface area contributed by atoms with Gasteiger partial charge in [0.1, 0.15) is 6.17 Å². The lowest BCUT2D eigenvalue weighted by atomic mass is 9.88. The van der Waals surface area contributed by atoms with Gasteiger partial charge in [-0.25, -0.2) is 4.79 Å².